The first-order chi connectivity index (χ1) is 16.3. The van der Waals surface area contributed by atoms with Crippen molar-refractivity contribution in [3.05, 3.63) is 75.9 Å². The van der Waals surface area contributed by atoms with Gasteiger partial charge in [0.15, 0.2) is 5.43 Å². The van der Waals surface area contributed by atoms with Crippen molar-refractivity contribution in [1.29, 1.82) is 0 Å². The highest BCUT2D eigenvalue weighted by Gasteiger charge is 2.19. The number of nitrogens with one attached hydrogen (secondary N) is 1. The van der Waals surface area contributed by atoms with Crippen molar-refractivity contribution in [2.75, 3.05) is 0 Å². The van der Waals surface area contributed by atoms with Gasteiger partial charge in [0.05, 0.1) is 15.8 Å². The van der Waals surface area contributed by atoms with Crippen molar-refractivity contribution >= 4 is 43.1 Å². The predicted octanol–water partition coefficient (Wildman–Crippen LogP) is 5.52. The standard InChI is InChI=1S/C27H21FN2O3S/c1-4-16-10-11-20-23(12-16)29-27-25(20)26(31)22-14-17(5-2)21(15-24(22)30(27)6-3)18-8-7-9-19(13-18)34(28,32)33/h1,7-15,29H,5-6H2,2-3H3. The zero-order valence-electron chi connectivity index (χ0n) is 18.6. The second-order valence-corrected chi connectivity index (χ2v) is 9.52. The second-order valence-electron chi connectivity index (χ2n) is 8.17. The maximum absolute atomic E-state index is 13.7. The third-order valence-corrected chi connectivity index (χ3v) is 7.14. The zero-order chi connectivity index (χ0) is 24.2. The predicted molar refractivity (Wildman–Crippen MR) is 134 cm³/mol. The number of rotatable bonds is 4. The maximum atomic E-state index is 13.7. The minimum absolute atomic E-state index is 0.0873. The van der Waals surface area contributed by atoms with Crippen LogP contribution in [0.2, 0.25) is 0 Å². The van der Waals surface area contributed by atoms with E-state index in [2.05, 4.69) is 10.9 Å². The molecule has 170 valence electrons. The van der Waals surface area contributed by atoms with Crippen LogP contribution in [0.5, 0.6) is 0 Å². The van der Waals surface area contributed by atoms with E-state index in [1.807, 2.05) is 48.7 Å². The Balaban J connectivity index is 1.90. The normalized spacial score (nSPS) is 11.9. The molecule has 0 aliphatic heterocycles. The van der Waals surface area contributed by atoms with E-state index in [1.54, 1.807) is 6.07 Å². The van der Waals surface area contributed by atoms with Crippen LogP contribution in [0.3, 0.4) is 0 Å². The Morgan fingerprint density at radius 2 is 1.85 bits per heavy atom. The molecule has 7 heteroatoms. The lowest BCUT2D eigenvalue weighted by atomic mass is 9.95. The number of hydrogen-bond donors (Lipinski definition) is 1. The monoisotopic (exact) mass is 472 g/mol. The first kappa shape index (κ1) is 21.9. The summed E-state index contributed by atoms with van der Waals surface area (Å²) in [5.41, 5.74) is 5.03. The number of terminal acetylenes is 1. The van der Waals surface area contributed by atoms with E-state index in [9.17, 15) is 17.1 Å². The van der Waals surface area contributed by atoms with Gasteiger partial charge in [-0.2, -0.15) is 8.42 Å². The number of H-pyrrole nitrogens is 1. The van der Waals surface area contributed by atoms with Crippen LogP contribution in [0.4, 0.5) is 3.89 Å². The van der Waals surface area contributed by atoms with Crippen LogP contribution in [-0.4, -0.2) is 18.0 Å². The average Bonchev–Trinajstić information content (AvgIpc) is 3.21. The van der Waals surface area contributed by atoms with Crippen LogP contribution in [0.25, 0.3) is 44.0 Å². The molecule has 0 saturated carbocycles. The second kappa shape index (κ2) is 7.86. The maximum Gasteiger partial charge on any atom is 0.332 e. The van der Waals surface area contributed by atoms with Gasteiger partial charge in [-0.3, -0.25) is 4.79 Å². The average molecular weight is 473 g/mol. The van der Waals surface area contributed by atoms with Gasteiger partial charge in [0.2, 0.25) is 0 Å². The summed E-state index contributed by atoms with van der Waals surface area (Å²) in [6.45, 7) is 4.54. The number of halogens is 1. The number of aromatic amines is 1. The Morgan fingerprint density at radius 1 is 1.06 bits per heavy atom. The highest BCUT2D eigenvalue weighted by atomic mass is 32.3. The van der Waals surface area contributed by atoms with Gasteiger partial charge >= 0.3 is 10.2 Å². The largest absolute Gasteiger partial charge is 0.340 e. The Hall–Kier alpha value is -3.89. The van der Waals surface area contributed by atoms with Crippen LogP contribution in [-0.2, 0) is 23.2 Å². The van der Waals surface area contributed by atoms with Gasteiger partial charge in [-0.05, 0) is 66.4 Å². The molecular formula is C27H21FN2O3S. The lowest BCUT2D eigenvalue weighted by Gasteiger charge is -2.16. The van der Waals surface area contributed by atoms with Crippen LogP contribution >= 0.6 is 0 Å². The molecule has 0 atom stereocenters. The summed E-state index contributed by atoms with van der Waals surface area (Å²) in [5, 5.41) is 1.99. The highest BCUT2D eigenvalue weighted by molar-refractivity contribution is 7.86. The molecule has 0 fully saturated rings. The quantitative estimate of drug-likeness (QED) is 0.276. The molecule has 0 spiro atoms. The van der Waals surface area contributed by atoms with Gasteiger partial charge in [-0.25, -0.2) is 0 Å². The summed E-state index contributed by atoms with van der Waals surface area (Å²) in [7, 11) is -4.84. The molecule has 0 aliphatic carbocycles. The van der Waals surface area contributed by atoms with E-state index in [4.69, 9.17) is 6.42 Å². The molecule has 2 aromatic heterocycles. The zero-order valence-corrected chi connectivity index (χ0v) is 19.5. The number of fused-ring (bicyclic) bond motifs is 4. The third-order valence-electron chi connectivity index (χ3n) is 6.32. The van der Waals surface area contributed by atoms with Crippen molar-refractivity contribution in [1.82, 2.24) is 9.55 Å². The van der Waals surface area contributed by atoms with Crippen LogP contribution < -0.4 is 5.43 Å². The molecule has 0 aliphatic rings. The van der Waals surface area contributed by atoms with E-state index < -0.39 is 15.1 Å². The molecule has 3 aromatic carbocycles. The summed E-state index contributed by atoms with van der Waals surface area (Å²) < 4.78 is 38.6. The number of nitrogens with zero attached hydrogens (tertiary/aromatic N) is 1. The van der Waals surface area contributed by atoms with Crippen molar-refractivity contribution in [2.24, 2.45) is 0 Å². The molecule has 5 nitrogen and oxygen atoms in total. The van der Waals surface area contributed by atoms with Gasteiger partial charge in [0.25, 0.3) is 0 Å². The van der Waals surface area contributed by atoms with Crippen molar-refractivity contribution < 1.29 is 12.3 Å². The molecule has 0 saturated heterocycles. The molecule has 34 heavy (non-hydrogen) atoms. The number of pyridine rings is 1. The van der Waals surface area contributed by atoms with Gasteiger partial charge in [-0.15, -0.1) is 10.3 Å². The summed E-state index contributed by atoms with van der Waals surface area (Å²) in [6, 6.07) is 15.1. The molecular weight excluding hydrogens is 451 g/mol. The van der Waals surface area contributed by atoms with Crippen molar-refractivity contribution in [3.8, 4) is 23.5 Å². The number of benzene rings is 3. The van der Waals surface area contributed by atoms with E-state index in [1.165, 1.54) is 18.2 Å². The molecule has 1 N–H and O–H groups in total. The lowest BCUT2D eigenvalue weighted by Crippen LogP contribution is -2.11. The van der Waals surface area contributed by atoms with Gasteiger partial charge in [-0.1, -0.05) is 31.0 Å². The molecule has 5 aromatic rings. The Bertz CT molecular complexity index is 1840. The first-order valence-electron chi connectivity index (χ1n) is 10.9. The van der Waals surface area contributed by atoms with Crippen LogP contribution in [0, 0.1) is 12.3 Å². The summed E-state index contributed by atoms with van der Waals surface area (Å²) in [6.07, 6.45) is 6.16. The number of aryl methyl sites for hydroxylation is 2. The Morgan fingerprint density at radius 3 is 2.53 bits per heavy atom. The number of hydrogen-bond acceptors (Lipinski definition) is 3. The fraction of sp³-hybridized carbons (Fsp3) is 0.148. The lowest BCUT2D eigenvalue weighted by molar-refractivity contribution is 0.552. The van der Waals surface area contributed by atoms with Gasteiger partial charge in [0, 0.05) is 28.4 Å². The van der Waals surface area contributed by atoms with Crippen molar-refractivity contribution in [3.63, 3.8) is 0 Å². The number of aromatic nitrogens is 2. The SMILES string of the molecule is C#Cc1ccc2c(c1)[nH]c1c2c(=O)c2cc(CC)c(-c3cccc(S(=O)(=O)F)c3)cc2n1CC. The van der Waals surface area contributed by atoms with Crippen LogP contribution in [0.1, 0.15) is 25.0 Å². The summed E-state index contributed by atoms with van der Waals surface area (Å²) in [5.74, 6) is 2.62. The minimum Gasteiger partial charge on any atom is -0.340 e. The van der Waals surface area contributed by atoms with Gasteiger partial charge < -0.3 is 9.55 Å². The topological polar surface area (TPSA) is 71.9 Å². The fourth-order valence-electron chi connectivity index (χ4n) is 4.70. The summed E-state index contributed by atoms with van der Waals surface area (Å²) >= 11 is 0. The fourth-order valence-corrected chi connectivity index (χ4v) is 5.21. The first-order valence-corrected chi connectivity index (χ1v) is 12.3. The minimum atomic E-state index is -4.84. The van der Waals surface area contributed by atoms with E-state index in [0.29, 0.717) is 40.5 Å². The van der Waals surface area contributed by atoms with E-state index in [0.717, 1.165) is 27.6 Å². The molecule has 5 rings (SSSR count). The van der Waals surface area contributed by atoms with E-state index in [-0.39, 0.29) is 5.43 Å². The summed E-state index contributed by atoms with van der Waals surface area (Å²) in [4.78, 5) is 16.7. The Kier molecular flexibility index (Phi) is 5.07. The molecule has 0 unspecified atom stereocenters. The van der Waals surface area contributed by atoms with E-state index >= 15 is 0 Å². The molecule has 2 heterocycles. The third kappa shape index (κ3) is 3.30. The molecule has 0 radical (unpaired) electrons. The van der Waals surface area contributed by atoms with Crippen LogP contribution in [0.15, 0.2) is 64.3 Å². The smallest absolute Gasteiger partial charge is 0.332 e. The Labute approximate surface area is 196 Å². The highest BCUT2D eigenvalue weighted by Crippen LogP contribution is 2.33. The van der Waals surface area contributed by atoms with Gasteiger partial charge in [0.1, 0.15) is 5.65 Å². The molecule has 0 bridgehead atoms. The van der Waals surface area contributed by atoms with Crippen molar-refractivity contribution in [2.45, 2.75) is 31.7 Å². The molecule has 0 amide bonds.